The number of hydrogen-bond acceptors (Lipinski definition) is 3. The van der Waals surface area contributed by atoms with Crippen molar-refractivity contribution < 1.29 is 0 Å². The molecule has 2 rings (SSSR count). The molecular weight excluding hydrogens is 252 g/mol. The zero-order valence-corrected chi connectivity index (χ0v) is 13.4. The summed E-state index contributed by atoms with van der Waals surface area (Å²) < 4.78 is 0. The minimum Gasteiger partial charge on any atom is -0.313 e. The third kappa shape index (κ3) is 4.28. The highest BCUT2D eigenvalue weighted by molar-refractivity contribution is 7.09. The Hall–Kier alpha value is -0.410. The van der Waals surface area contributed by atoms with E-state index in [0.717, 1.165) is 24.8 Å². The minimum absolute atomic E-state index is 0.641. The molecule has 0 aromatic carbocycles. The molecule has 0 spiro atoms. The van der Waals surface area contributed by atoms with Gasteiger partial charge in [0, 0.05) is 23.5 Å². The summed E-state index contributed by atoms with van der Waals surface area (Å²) in [6, 6.07) is 0.641. The van der Waals surface area contributed by atoms with E-state index in [9.17, 15) is 0 Å². The van der Waals surface area contributed by atoms with Crippen LogP contribution >= 0.6 is 11.3 Å². The van der Waals surface area contributed by atoms with E-state index in [2.05, 4.69) is 36.5 Å². The van der Waals surface area contributed by atoms with Crippen molar-refractivity contribution >= 4 is 11.3 Å². The van der Waals surface area contributed by atoms with E-state index in [1.54, 1.807) is 0 Å². The molecular formula is C16H28N2S. The Bertz CT molecular complexity index is 375. The van der Waals surface area contributed by atoms with Gasteiger partial charge in [0.2, 0.25) is 0 Å². The minimum atomic E-state index is 0.641. The summed E-state index contributed by atoms with van der Waals surface area (Å²) in [5.74, 6) is 1.83. The predicted octanol–water partition coefficient (Wildman–Crippen LogP) is 4.19. The Balaban J connectivity index is 1.95. The van der Waals surface area contributed by atoms with Crippen LogP contribution in [0.25, 0.3) is 0 Å². The molecule has 1 aliphatic carbocycles. The Morgan fingerprint density at radius 3 is 2.84 bits per heavy atom. The van der Waals surface area contributed by atoms with Gasteiger partial charge in [0.15, 0.2) is 0 Å². The maximum absolute atomic E-state index is 4.65. The van der Waals surface area contributed by atoms with Crippen molar-refractivity contribution in [3.05, 3.63) is 16.1 Å². The van der Waals surface area contributed by atoms with Crippen LogP contribution < -0.4 is 5.32 Å². The van der Waals surface area contributed by atoms with Gasteiger partial charge in [0.25, 0.3) is 0 Å². The maximum atomic E-state index is 4.65. The van der Waals surface area contributed by atoms with Gasteiger partial charge in [-0.2, -0.15) is 0 Å². The van der Waals surface area contributed by atoms with Crippen molar-refractivity contribution in [3.8, 4) is 0 Å². The number of nitrogens with zero attached hydrogens (tertiary/aromatic N) is 1. The molecule has 2 nitrogen and oxygen atoms in total. The molecule has 3 unspecified atom stereocenters. The largest absolute Gasteiger partial charge is 0.313 e. The van der Waals surface area contributed by atoms with E-state index in [4.69, 9.17) is 0 Å². The van der Waals surface area contributed by atoms with E-state index >= 15 is 0 Å². The van der Waals surface area contributed by atoms with E-state index in [0.29, 0.717) is 6.04 Å². The highest BCUT2D eigenvalue weighted by atomic mass is 32.1. The molecule has 0 radical (unpaired) electrons. The fourth-order valence-corrected chi connectivity index (χ4v) is 4.10. The zero-order chi connectivity index (χ0) is 13.7. The van der Waals surface area contributed by atoms with Crippen LogP contribution in [0.4, 0.5) is 0 Å². The van der Waals surface area contributed by atoms with Crippen LogP contribution in [0.3, 0.4) is 0 Å². The second kappa shape index (κ2) is 7.39. The number of nitrogens with one attached hydrogen (secondary N) is 1. The SMILES string of the molecule is CCCNC(Cc1nc(C)cs1)C1CCC(CC)C1. The van der Waals surface area contributed by atoms with Gasteiger partial charge in [0.1, 0.15) is 0 Å². The number of rotatable bonds is 7. The summed E-state index contributed by atoms with van der Waals surface area (Å²) in [4.78, 5) is 4.65. The van der Waals surface area contributed by atoms with Crippen molar-refractivity contribution in [1.82, 2.24) is 10.3 Å². The molecule has 0 amide bonds. The number of hydrogen-bond donors (Lipinski definition) is 1. The van der Waals surface area contributed by atoms with Gasteiger partial charge >= 0.3 is 0 Å². The molecule has 0 saturated heterocycles. The third-order valence-electron chi connectivity index (χ3n) is 4.45. The fraction of sp³-hybridized carbons (Fsp3) is 0.812. The first-order valence-corrected chi connectivity index (χ1v) is 8.75. The first-order chi connectivity index (χ1) is 9.22. The molecule has 1 N–H and O–H groups in total. The van der Waals surface area contributed by atoms with Crippen molar-refractivity contribution in [2.45, 2.75) is 65.3 Å². The van der Waals surface area contributed by atoms with E-state index in [-0.39, 0.29) is 0 Å². The summed E-state index contributed by atoms with van der Waals surface area (Å²) in [6.45, 7) is 7.83. The summed E-state index contributed by atoms with van der Waals surface area (Å²) in [5, 5.41) is 7.27. The molecule has 3 atom stereocenters. The number of thiazole rings is 1. The Kier molecular flexibility index (Phi) is 5.83. The molecule has 1 fully saturated rings. The normalized spacial score (nSPS) is 24.8. The predicted molar refractivity (Wildman–Crippen MR) is 83.8 cm³/mol. The monoisotopic (exact) mass is 280 g/mol. The van der Waals surface area contributed by atoms with E-state index in [1.165, 1.54) is 42.8 Å². The van der Waals surface area contributed by atoms with Gasteiger partial charge in [-0.05, 0) is 44.6 Å². The van der Waals surface area contributed by atoms with Gasteiger partial charge in [0.05, 0.1) is 5.01 Å². The lowest BCUT2D eigenvalue weighted by molar-refractivity contribution is 0.343. The van der Waals surface area contributed by atoms with Crippen LogP contribution in [0.15, 0.2) is 5.38 Å². The Morgan fingerprint density at radius 2 is 2.26 bits per heavy atom. The highest BCUT2D eigenvalue weighted by Crippen LogP contribution is 2.36. The van der Waals surface area contributed by atoms with Crippen molar-refractivity contribution in [3.63, 3.8) is 0 Å². The van der Waals surface area contributed by atoms with Crippen LogP contribution in [-0.4, -0.2) is 17.6 Å². The van der Waals surface area contributed by atoms with Gasteiger partial charge < -0.3 is 5.32 Å². The number of aromatic nitrogens is 1. The van der Waals surface area contributed by atoms with Crippen LogP contribution in [-0.2, 0) is 6.42 Å². The third-order valence-corrected chi connectivity index (χ3v) is 5.43. The van der Waals surface area contributed by atoms with Crippen LogP contribution in [0.5, 0.6) is 0 Å². The lowest BCUT2D eigenvalue weighted by Gasteiger charge is -2.24. The van der Waals surface area contributed by atoms with Crippen molar-refractivity contribution in [2.75, 3.05) is 6.54 Å². The van der Waals surface area contributed by atoms with E-state index in [1.807, 2.05) is 11.3 Å². The summed E-state index contributed by atoms with van der Waals surface area (Å²) in [7, 11) is 0. The topological polar surface area (TPSA) is 24.9 Å². The smallest absolute Gasteiger partial charge is 0.0943 e. The number of aryl methyl sites for hydroxylation is 1. The lowest BCUT2D eigenvalue weighted by Crippen LogP contribution is -2.37. The average molecular weight is 280 g/mol. The van der Waals surface area contributed by atoms with E-state index < -0.39 is 0 Å². The first kappa shape index (κ1) is 15.0. The Morgan fingerprint density at radius 1 is 1.42 bits per heavy atom. The second-order valence-electron chi connectivity index (χ2n) is 5.99. The van der Waals surface area contributed by atoms with Crippen molar-refractivity contribution in [1.29, 1.82) is 0 Å². The van der Waals surface area contributed by atoms with Crippen molar-refractivity contribution in [2.24, 2.45) is 11.8 Å². The molecule has 108 valence electrons. The van der Waals surface area contributed by atoms with Gasteiger partial charge in [-0.1, -0.05) is 26.7 Å². The van der Waals surface area contributed by atoms with Crippen LogP contribution in [0, 0.1) is 18.8 Å². The molecule has 1 aromatic rings. The fourth-order valence-electron chi connectivity index (χ4n) is 3.27. The molecule has 0 bridgehead atoms. The van der Waals surface area contributed by atoms with Crippen LogP contribution in [0.2, 0.25) is 0 Å². The molecule has 1 aromatic heterocycles. The van der Waals surface area contributed by atoms with Crippen LogP contribution in [0.1, 0.15) is 56.7 Å². The highest BCUT2D eigenvalue weighted by Gasteiger charge is 2.30. The quantitative estimate of drug-likeness (QED) is 0.810. The summed E-state index contributed by atoms with van der Waals surface area (Å²) >= 11 is 1.83. The summed E-state index contributed by atoms with van der Waals surface area (Å²) in [5.41, 5.74) is 1.17. The van der Waals surface area contributed by atoms with Gasteiger partial charge in [-0.15, -0.1) is 11.3 Å². The standard InChI is InChI=1S/C16H28N2S/c1-4-8-17-15(10-16-18-12(3)11-19-16)14-7-6-13(5-2)9-14/h11,13-15,17H,4-10H2,1-3H3. The molecule has 0 aliphatic heterocycles. The molecule has 1 saturated carbocycles. The molecule has 3 heteroatoms. The second-order valence-corrected chi connectivity index (χ2v) is 6.94. The molecule has 19 heavy (non-hydrogen) atoms. The maximum Gasteiger partial charge on any atom is 0.0943 e. The zero-order valence-electron chi connectivity index (χ0n) is 12.6. The van der Waals surface area contributed by atoms with Gasteiger partial charge in [-0.25, -0.2) is 4.98 Å². The Labute approximate surface area is 122 Å². The first-order valence-electron chi connectivity index (χ1n) is 7.87. The van der Waals surface area contributed by atoms with Gasteiger partial charge in [-0.3, -0.25) is 0 Å². The lowest BCUT2D eigenvalue weighted by atomic mass is 9.93. The average Bonchev–Trinajstić information content (AvgIpc) is 3.03. The molecule has 1 aliphatic rings. The summed E-state index contributed by atoms with van der Waals surface area (Å²) in [6.07, 6.45) is 7.96. The molecule has 1 heterocycles.